The molecule has 20 heavy (non-hydrogen) atoms. The Morgan fingerprint density at radius 3 is 2.75 bits per heavy atom. The van der Waals surface area contributed by atoms with Crippen molar-refractivity contribution in [2.45, 2.75) is 43.7 Å². The number of hydrogen-bond donors (Lipinski definition) is 2. The van der Waals surface area contributed by atoms with Crippen LogP contribution >= 0.6 is 0 Å². The van der Waals surface area contributed by atoms with Gasteiger partial charge in [-0.25, -0.2) is 13.1 Å². The first-order chi connectivity index (χ1) is 9.45. The average Bonchev–Trinajstić information content (AvgIpc) is 2.85. The smallest absolute Gasteiger partial charge is 0.242 e. The summed E-state index contributed by atoms with van der Waals surface area (Å²) >= 11 is 0. The molecule has 1 unspecified atom stereocenters. The molecule has 1 fully saturated rings. The van der Waals surface area contributed by atoms with Crippen molar-refractivity contribution in [3.8, 4) is 0 Å². The van der Waals surface area contributed by atoms with Crippen molar-refractivity contribution in [3.05, 3.63) is 24.3 Å². The fourth-order valence-corrected chi connectivity index (χ4v) is 4.16. The first-order valence-electron chi connectivity index (χ1n) is 7.04. The minimum Gasteiger partial charge on any atom is -0.366 e. The molecule has 112 valence electrons. The molecule has 0 aromatic heterocycles. The molecule has 1 aliphatic heterocycles. The van der Waals surface area contributed by atoms with E-state index in [2.05, 4.69) is 9.62 Å². The highest BCUT2D eigenvalue weighted by Crippen LogP contribution is 2.31. The number of hydrogen-bond acceptors (Lipinski definition) is 4. The van der Waals surface area contributed by atoms with Gasteiger partial charge in [-0.3, -0.25) is 0 Å². The maximum absolute atomic E-state index is 12.4. The lowest BCUT2D eigenvalue weighted by Gasteiger charge is -2.28. The van der Waals surface area contributed by atoms with Gasteiger partial charge in [0.05, 0.1) is 5.69 Å². The Labute approximate surface area is 121 Å². The van der Waals surface area contributed by atoms with Crippen LogP contribution in [-0.4, -0.2) is 33.6 Å². The van der Waals surface area contributed by atoms with Gasteiger partial charge in [0.1, 0.15) is 4.90 Å². The Morgan fingerprint density at radius 2 is 2.10 bits per heavy atom. The van der Waals surface area contributed by atoms with Crippen molar-refractivity contribution < 1.29 is 8.42 Å². The van der Waals surface area contributed by atoms with Crippen LogP contribution in [0.5, 0.6) is 0 Å². The van der Waals surface area contributed by atoms with E-state index < -0.39 is 10.0 Å². The van der Waals surface area contributed by atoms with Crippen molar-refractivity contribution in [3.63, 3.8) is 0 Å². The van der Waals surface area contributed by atoms with Gasteiger partial charge in [0.15, 0.2) is 0 Å². The van der Waals surface area contributed by atoms with E-state index >= 15 is 0 Å². The molecule has 0 amide bonds. The fourth-order valence-electron chi connectivity index (χ4n) is 2.69. The predicted molar refractivity (Wildman–Crippen MR) is 81.3 cm³/mol. The minimum atomic E-state index is -3.49. The highest BCUT2D eigenvalue weighted by atomic mass is 32.2. The van der Waals surface area contributed by atoms with E-state index in [-0.39, 0.29) is 12.1 Å². The molecule has 0 spiro atoms. The number of sulfonamides is 1. The van der Waals surface area contributed by atoms with Crippen LogP contribution < -0.4 is 15.4 Å². The van der Waals surface area contributed by atoms with Crippen LogP contribution in [0.2, 0.25) is 0 Å². The lowest BCUT2D eigenvalue weighted by atomic mass is 10.2. The summed E-state index contributed by atoms with van der Waals surface area (Å²) in [4.78, 5) is 2.46. The third-order valence-corrected chi connectivity index (χ3v) is 5.21. The number of nitrogens with zero attached hydrogens (tertiary/aromatic N) is 1. The maximum Gasteiger partial charge on any atom is 0.242 e. The second-order valence-electron chi connectivity index (χ2n) is 5.47. The highest BCUT2D eigenvalue weighted by Gasteiger charge is 2.28. The van der Waals surface area contributed by atoms with Crippen LogP contribution in [0.4, 0.5) is 5.69 Å². The van der Waals surface area contributed by atoms with Gasteiger partial charge in [0.2, 0.25) is 10.0 Å². The van der Waals surface area contributed by atoms with Gasteiger partial charge in [0.25, 0.3) is 0 Å². The number of para-hydroxylation sites is 1. The van der Waals surface area contributed by atoms with E-state index in [0.29, 0.717) is 11.4 Å². The monoisotopic (exact) mass is 297 g/mol. The van der Waals surface area contributed by atoms with E-state index in [9.17, 15) is 8.42 Å². The van der Waals surface area contributed by atoms with E-state index in [1.807, 2.05) is 26.0 Å². The molecule has 1 aromatic rings. The Bertz CT molecular complexity index is 557. The quantitative estimate of drug-likeness (QED) is 0.859. The molecule has 0 saturated carbocycles. The average molecular weight is 297 g/mol. The van der Waals surface area contributed by atoms with Crippen molar-refractivity contribution in [1.29, 1.82) is 0 Å². The third-order valence-electron chi connectivity index (χ3n) is 3.50. The van der Waals surface area contributed by atoms with Crippen LogP contribution in [0.25, 0.3) is 0 Å². The van der Waals surface area contributed by atoms with E-state index in [1.54, 1.807) is 12.1 Å². The van der Waals surface area contributed by atoms with E-state index in [0.717, 1.165) is 25.1 Å². The summed E-state index contributed by atoms with van der Waals surface area (Å²) < 4.78 is 27.5. The number of benzene rings is 1. The molecule has 0 aliphatic carbocycles. The molecule has 6 heteroatoms. The standard InChI is InChI=1S/C14H23N3O2S/c1-11(2)16-20(18,19)14-8-4-3-7-13(14)17-9-5-6-12(17)10-15/h3-4,7-8,11-12,16H,5-6,9-10,15H2,1-2H3. The first-order valence-corrected chi connectivity index (χ1v) is 8.52. The summed E-state index contributed by atoms with van der Waals surface area (Å²) in [7, 11) is -3.49. The number of nitrogens with one attached hydrogen (secondary N) is 1. The summed E-state index contributed by atoms with van der Waals surface area (Å²) in [5.41, 5.74) is 6.55. The Hall–Kier alpha value is -1.11. The van der Waals surface area contributed by atoms with E-state index in [1.165, 1.54) is 0 Å². The molecule has 1 atom stereocenters. The number of nitrogens with two attached hydrogens (primary N) is 1. The molecule has 1 saturated heterocycles. The topological polar surface area (TPSA) is 75.4 Å². The summed E-state index contributed by atoms with van der Waals surface area (Å²) in [6, 6.07) is 7.25. The van der Waals surface area contributed by atoms with Gasteiger partial charge in [-0.1, -0.05) is 12.1 Å². The summed E-state index contributed by atoms with van der Waals surface area (Å²) in [6.07, 6.45) is 2.07. The number of anilines is 1. The Kier molecular flexibility index (Phi) is 4.67. The molecular weight excluding hydrogens is 274 g/mol. The second kappa shape index (κ2) is 6.11. The maximum atomic E-state index is 12.4. The molecule has 1 aliphatic rings. The summed E-state index contributed by atoms with van der Waals surface area (Å²) in [5, 5.41) is 0. The zero-order valence-electron chi connectivity index (χ0n) is 12.0. The summed E-state index contributed by atoms with van der Waals surface area (Å²) in [5.74, 6) is 0. The van der Waals surface area contributed by atoms with Gasteiger partial charge in [-0.05, 0) is 38.8 Å². The number of rotatable bonds is 5. The molecule has 0 radical (unpaired) electrons. The van der Waals surface area contributed by atoms with Crippen molar-refractivity contribution in [1.82, 2.24) is 4.72 Å². The van der Waals surface area contributed by atoms with Crippen LogP contribution in [-0.2, 0) is 10.0 Å². The Morgan fingerprint density at radius 1 is 1.40 bits per heavy atom. The molecule has 5 nitrogen and oxygen atoms in total. The van der Waals surface area contributed by atoms with E-state index in [4.69, 9.17) is 5.73 Å². The molecule has 0 bridgehead atoms. The van der Waals surface area contributed by atoms with Gasteiger partial charge in [0, 0.05) is 25.2 Å². The zero-order valence-corrected chi connectivity index (χ0v) is 12.9. The second-order valence-corrected chi connectivity index (χ2v) is 7.15. The lowest BCUT2D eigenvalue weighted by molar-refractivity contribution is 0.569. The molecular formula is C14H23N3O2S. The normalized spacial score (nSPS) is 19.8. The lowest BCUT2D eigenvalue weighted by Crippen LogP contribution is -2.37. The summed E-state index contributed by atoms with van der Waals surface area (Å²) in [6.45, 7) is 5.04. The SMILES string of the molecule is CC(C)NS(=O)(=O)c1ccccc1N1CCCC1CN. The van der Waals surface area contributed by atoms with Crippen LogP contribution in [0, 0.1) is 0 Å². The third kappa shape index (κ3) is 3.13. The van der Waals surface area contributed by atoms with Gasteiger partial charge >= 0.3 is 0 Å². The predicted octanol–water partition coefficient (Wildman–Crippen LogP) is 1.30. The highest BCUT2D eigenvalue weighted by molar-refractivity contribution is 7.89. The van der Waals surface area contributed by atoms with Gasteiger partial charge in [-0.15, -0.1) is 0 Å². The van der Waals surface area contributed by atoms with Crippen LogP contribution in [0.3, 0.4) is 0 Å². The molecule has 2 rings (SSSR count). The van der Waals surface area contributed by atoms with Crippen LogP contribution in [0.1, 0.15) is 26.7 Å². The zero-order chi connectivity index (χ0) is 14.8. The van der Waals surface area contributed by atoms with Crippen molar-refractivity contribution in [2.75, 3.05) is 18.0 Å². The largest absolute Gasteiger partial charge is 0.366 e. The van der Waals surface area contributed by atoms with Gasteiger partial charge < -0.3 is 10.6 Å². The van der Waals surface area contributed by atoms with Gasteiger partial charge in [-0.2, -0.15) is 0 Å². The molecule has 3 N–H and O–H groups in total. The van der Waals surface area contributed by atoms with Crippen LogP contribution in [0.15, 0.2) is 29.2 Å². The molecule has 1 aromatic carbocycles. The first kappa shape index (κ1) is 15.3. The van der Waals surface area contributed by atoms with Crippen molar-refractivity contribution in [2.24, 2.45) is 5.73 Å². The molecule has 1 heterocycles. The minimum absolute atomic E-state index is 0.128. The fraction of sp³-hybridized carbons (Fsp3) is 0.571. The Balaban J connectivity index is 2.41. The van der Waals surface area contributed by atoms with Crippen molar-refractivity contribution >= 4 is 15.7 Å².